The number of aliphatic hydroxyl groups is 3. The predicted molar refractivity (Wildman–Crippen MR) is 62.8 cm³/mol. The van der Waals surface area contributed by atoms with Crippen molar-refractivity contribution in [1.82, 2.24) is 0 Å². The monoisotopic (exact) mass is 390 g/mol. The fourth-order valence-corrected chi connectivity index (χ4v) is 3.86. The van der Waals surface area contributed by atoms with Crippen molar-refractivity contribution in [1.29, 1.82) is 0 Å². The zero-order chi connectivity index (χ0) is 17.6. The maximum Gasteiger partial charge on any atom is 0.483 e. The van der Waals surface area contributed by atoms with Crippen LogP contribution in [0.2, 0.25) is 0 Å². The third kappa shape index (κ3) is 4.63. The lowest BCUT2D eigenvalue weighted by molar-refractivity contribution is -0.145. The molecular weight excluding hydrogens is 377 g/mol. The Morgan fingerprint density at radius 2 is 1.64 bits per heavy atom. The highest BCUT2D eigenvalue weighted by Gasteiger charge is 2.61. The highest BCUT2D eigenvalue weighted by atomic mass is 31.3. The van der Waals surface area contributed by atoms with E-state index >= 15 is 0 Å². The van der Waals surface area contributed by atoms with Gasteiger partial charge in [0.15, 0.2) is 6.29 Å². The van der Waals surface area contributed by atoms with E-state index in [2.05, 4.69) is 13.6 Å². The molecule has 1 saturated heterocycles. The summed E-state index contributed by atoms with van der Waals surface area (Å²) in [7, 11) is -16.3. The summed E-state index contributed by atoms with van der Waals surface area (Å²) in [5.74, 6) is 0. The number of rotatable bonds is 6. The van der Waals surface area contributed by atoms with Gasteiger partial charge in [-0.25, -0.2) is 9.13 Å². The van der Waals surface area contributed by atoms with Gasteiger partial charge < -0.3 is 44.5 Å². The lowest BCUT2D eigenvalue weighted by Crippen LogP contribution is -2.47. The van der Waals surface area contributed by atoms with Crippen molar-refractivity contribution in [2.75, 3.05) is 6.61 Å². The Bertz CT molecular complexity index is 549. The lowest BCUT2D eigenvalue weighted by Gasteiger charge is -2.28. The SMILES string of the molecule is O=P(O)(O)OP(=O)(O)OC(O)[C@H]1OC[C@@](O)(P(=O)(O)O)[C@@H]1O. The molecule has 1 rings (SSSR count). The van der Waals surface area contributed by atoms with Gasteiger partial charge in [0.25, 0.3) is 0 Å². The van der Waals surface area contributed by atoms with Crippen LogP contribution in [0.15, 0.2) is 0 Å². The Kier molecular flexibility index (Phi) is 5.79. The molecule has 0 radical (unpaired) electrons. The van der Waals surface area contributed by atoms with Crippen LogP contribution >= 0.6 is 23.2 Å². The van der Waals surface area contributed by atoms with Gasteiger partial charge >= 0.3 is 23.2 Å². The predicted octanol–water partition coefficient (Wildman–Crippen LogP) is -2.84. The smallest absolute Gasteiger partial charge is 0.386 e. The molecule has 0 bridgehead atoms. The van der Waals surface area contributed by atoms with E-state index in [0.717, 1.165) is 0 Å². The molecular formula is C5H13O14P3. The van der Waals surface area contributed by atoms with Crippen LogP contribution in [0.5, 0.6) is 0 Å². The molecule has 0 aromatic rings. The minimum atomic E-state index is -5.51. The first-order chi connectivity index (χ1) is 9.59. The molecule has 17 heteroatoms. The van der Waals surface area contributed by atoms with Crippen LogP contribution in [0, 0.1) is 0 Å². The van der Waals surface area contributed by atoms with E-state index in [9.17, 15) is 29.0 Å². The Hall–Kier alpha value is 0.250. The van der Waals surface area contributed by atoms with Gasteiger partial charge in [0, 0.05) is 0 Å². The van der Waals surface area contributed by atoms with Gasteiger partial charge in [-0.2, -0.15) is 4.31 Å². The Morgan fingerprint density at radius 3 is 2.00 bits per heavy atom. The van der Waals surface area contributed by atoms with E-state index in [4.69, 9.17) is 24.5 Å². The number of ether oxygens (including phenoxy) is 1. The second-order valence-electron chi connectivity index (χ2n) is 4.18. The van der Waals surface area contributed by atoms with E-state index in [0.29, 0.717) is 0 Å². The third-order valence-electron chi connectivity index (χ3n) is 2.51. The maximum absolute atomic E-state index is 11.2. The molecule has 1 heterocycles. The van der Waals surface area contributed by atoms with E-state index in [1.807, 2.05) is 0 Å². The fraction of sp³-hybridized carbons (Fsp3) is 1.00. The Labute approximate surface area is 121 Å². The van der Waals surface area contributed by atoms with Crippen LogP contribution in [-0.4, -0.2) is 70.2 Å². The summed E-state index contributed by atoms with van der Waals surface area (Å²) in [6.45, 7) is -1.15. The molecule has 22 heavy (non-hydrogen) atoms. The first-order valence-corrected chi connectivity index (χ1v) is 9.77. The number of phosphoric acid groups is 2. The highest BCUT2D eigenvalue weighted by Crippen LogP contribution is 2.59. The van der Waals surface area contributed by atoms with Gasteiger partial charge in [-0.1, -0.05) is 0 Å². The molecule has 132 valence electrons. The van der Waals surface area contributed by atoms with E-state index < -0.39 is 53.7 Å². The molecule has 1 aliphatic rings. The van der Waals surface area contributed by atoms with Crippen molar-refractivity contribution in [3.8, 4) is 0 Å². The molecule has 1 fully saturated rings. The minimum Gasteiger partial charge on any atom is -0.386 e. The van der Waals surface area contributed by atoms with E-state index in [1.54, 1.807) is 0 Å². The van der Waals surface area contributed by atoms with Crippen molar-refractivity contribution in [3.05, 3.63) is 0 Å². The summed E-state index contributed by atoms with van der Waals surface area (Å²) in [5.41, 5.74) is 0. The topological polar surface area (TPSA) is 241 Å². The van der Waals surface area contributed by atoms with Gasteiger partial charge in [-0.3, -0.25) is 9.09 Å². The second-order valence-corrected chi connectivity index (χ2v) is 8.82. The second kappa shape index (κ2) is 6.28. The quantitative estimate of drug-likeness (QED) is 0.168. The van der Waals surface area contributed by atoms with Crippen LogP contribution < -0.4 is 0 Å². The summed E-state index contributed by atoms with van der Waals surface area (Å²) in [6.07, 6.45) is -7.17. The molecule has 0 amide bonds. The molecule has 0 spiro atoms. The number of phosphoric ester groups is 1. The van der Waals surface area contributed by atoms with Crippen molar-refractivity contribution in [2.45, 2.75) is 23.8 Å². The number of hydrogen-bond donors (Lipinski definition) is 8. The molecule has 0 aliphatic carbocycles. The van der Waals surface area contributed by atoms with Crippen molar-refractivity contribution in [3.63, 3.8) is 0 Å². The van der Waals surface area contributed by atoms with Crippen LogP contribution in [0.25, 0.3) is 0 Å². The highest BCUT2D eigenvalue weighted by molar-refractivity contribution is 7.60. The van der Waals surface area contributed by atoms with E-state index in [-0.39, 0.29) is 0 Å². The molecule has 5 atom stereocenters. The first kappa shape index (κ1) is 20.3. The Balaban J connectivity index is 2.84. The van der Waals surface area contributed by atoms with Crippen LogP contribution in [0.4, 0.5) is 0 Å². The van der Waals surface area contributed by atoms with Crippen LogP contribution in [0.3, 0.4) is 0 Å². The van der Waals surface area contributed by atoms with Crippen molar-refractivity contribution >= 4 is 23.2 Å². The largest absolute Gasteiger partial charge is 0.483 e. The Morgan fingerprint density at radius 1 is 1.14 bits per heavy atom. The zero-order valence-corrected chi connectivity index (χ0v) is 13.0. The molecule has 8 N–H and O–H groups in total. The van der Waals surface area contributed by atoms with Crippen molar-refractivity contribution < 1.29 is 67.1 Å². The standard InChI is InChI=1S/C5H13O14P3/c6-3-2(17-1-5(3,8)20(9,10)11)4(7)18-22(15,16)19-21(12,13)14/h2-4,6-8H,1H2,(H,15,16)(H2,9,10,11)(H2,12,13,14)/t2-,3+,4?,5+/m0/s1. The average Bonchev–Trinajstić information content (AvgIpc) is 2.51. The molecule has 0 aromatic carbocycles. The van der Waals surface area contributed by atoms with Crippen molar-refractivity contribution in [2.24, 2.45) is 0 Å². The van der Waals surface area contributed by atoms with E-state index in [1.165, 1.54) is 0 Å². The molecule has 0 aromatic heterocycles. The van der Waals surface area contributed by atoms with Crippen LogP contribution in [0.1, 0.15) is 0 Å². The summed E-state index contributed by atoms with van der Waals surface area (Å²) < 4.78 is 44.4. The zero-order valence-electron chi connectivity index (χ0n) is 10.3. The first-order valence-electron chi connectivity index (χ1n) is 5.13. The average molecular weight is 390 g/mol. The van der Waals surface area contributed by atoms with Gasteiger partial charge in [0.1, 0.15) is 12.2 Å². The van der Waals surface area contributed by atoms with Gasteiger partial charge in [-0.05, 0) is 0 Å². The van der Waals surface area contributed by atoms with Crippen LogP contribution in [-0.2, 0) is 27.3 Å². The number of aliphatic hydroxyl groups excluding tert-OH is 2. The summed E-state index contributed by atoms with van der Waals surface area (Å²) in [4.78, 5) is 43.4. The molecule has 0 saturated carbocycles. The number of hydrogen-bond acceptors (Lipinski definition) is 9. The summed E-state index contributed by atoms with van der Waals surface area (Å²) >= 11 is 0. The van der Waals surface area contributed by atoms with Gasteiger partial charge in [-0.15, -0.1) is 0 Å². The van der Waals surface area contributed by atoms with Gasteiger partial charge in [0.2, 0.25) is 5.34 Å². The lowest BCUT2D eigenvalue weighted by atomic mass is 10.1. The van der Waals surface area contributed by atoms with Gasteiger partial charge in [0.05, 0.1) is 6.61 Å². The fourth-order valence-electron chi connectivity index (χ4n) is 1.50. The molecule has 1 aliphatic heterocycles. The normalized spacial score (nSPS) is 34.4. The molecule has 2 unspecified atom stereocenters. The maximum atomic E-state index is 11.2. The molecule has 14 nitrogen and oxygen atoms in total. The minimum absolute atomic E-state index is 1.15. The third-order valence-corrected chi connectivity index (χ3v) is 6.07. The summed E-state index contributed by atoms with van der Waals surface area (Å²) in [5, 5.41) is 25.5. The summed E-state index contributed by atoms with van der Waals surface area (Å²) in [6, 6.07) is 0.